The predicted octanol–water partition coefficient (Wildman–Crippen LogP) is 11.9. The van der Waals surface area contributed by atoms with Crippen LogP contribution in [0.5, 0.6) is 0 Å². The van der Waals surface area contributed by atoms with Crippen LogP contribution >= 0.6 is 0 Å². The third kappa shape index (κ3) is 3.47. The molecule has 0 saturated carbocycles. The molecule has 0 spiro atoms. The minimum absolute atomic E-state index is 1.15. The fourth-order valence-electron chi connectivity index (χ4n) is 7.77. The van der Waals surface area contributed by atoms with Crippen LogP contribution in [0.1, 0.15) is 0 Å². The Kier molecular flexibility index (Phi) is 5.31. The molecule has 0 fully saturated rings. The molecule has 10 rings (SSSR count). The van der Waals surface area contributed by atoms with E-state index in [0.29, 0.717) is 0 Å². The van der Waals surface area contributed by atoms with Gasteiger partial charge in [-0.3, -0.25) is 0 Å². The lowest BCUT2D eigenvalue weighted by atomic mass is 9.98. The van der Waals surface area contributed by atoms with Crippen LogP contribution in [0.4, 0.5) is 0 Å². The Bertz CT molecular complexity index is 2770. The van der Waals surface area contributed by atoms with Gasteiger partial charge in [0.1, 0.15) is 0 Å². The molecule has 0 bridgehead atoms. The summed E-state index contributed by atoms with van der Waals surface area (Å²) >= 11 is 0. The van der Waals surface area contributed by atoms with Gasteiger partial charge in [0.05, 0.1) is 22.1 Å². The molecule has 0 aliphatic carbocycles. The monoisotopic (exact) mass is 584 g/mol. The highest BCUT2D eigenvalue weighted by molar-refractivity contribution is 6.36. The highest BCUT2D eigenvalue weighted by Gasteiger charge is 2.24. The SMILES string of the molecule is c1ccc(-n2c3ccccc3c3c4ccccc4c4c5ccccc5n(-c5ccc(-c6cccc7ccccc67)cc5)c4c32)cc1. The molecule has 2 aromatic heterocycles. The first-order valence-electron chi connectivity index (χ1n) is 15.9. The molecule has 0 radical (unpaired) electrons. The smallest absolute Gasteiger partial charge is 0.0795 e. The minimum atomic E-state index is 1.15. The molecule has 0 atom stereocenters. The van der Waals surface area contributed by atoms with Crippen LogP contribution in [0.15, 0.2) is 170 Å². The summed E-state index contributed by atoms with van der Waals surface area (Å²) in [6, 6.07) is 61.8. The van der Waals surface area contributed by atoms with Crippen molar-refractivity contribution >= 4 is 65.2 Å². The first-order valence-corrected chi connectivity index (χ1v) is 15.9. The fourth-order valence-corrected chi connectivity index (χ4v) is 7.77. The van der Waals surface area contributed by atoms with Crippen LogP contribution < -0.4 is 0 Å². The third-order valence-electron chi connectivity index (χ3n) is 9.68. The Morgan fingerprint density at radius 3 is 1.37 bits per heavy atom. The van der Waals surface area contributed by atoms with Gasteiger partial charge in [0.25, 0.3) is 0 Å². The van der Waals surface area contributed by atoms with Crippen molar-refractivity contribution in [2.75, 3.05) is 0 Å². The molecule has 2 heterocycles. The Labute approximate surface area is 266 Å². The van der Waals surface area contributed by atoms with E-state index in [2.05, 4.69) is 179 Å². The summed E-state index contributed by atoms with van der Waals surface area (Å²) < 4.78 is 4.96. The Morgan fingerprint density at radius 2 is 0.761 bits per heavy atom. The van der Waals surface area contributed by atoms with Crippen molar-refractivity contribution < 1.29 is 0 Å². The van der Waals surface area contributed by atoms with E-state index in [1.807, 2.05) is 0 Å². The van der Waals surface area contributed by atoms with Gasteiger partial charge in [-0.1, -0.05) is 133 Å². The van der Waals surface area contributed by atoms with E-state index in [4.69, 9.17) is 0 Å². The van der Waals surface area contributed by atoms with Gasteiger partial charge in [-0.05, 0) is 69.1 Å². The number of hydrogen-bond donors (Lipinski definition) is 0. The molecular weight excluding hydrogens is 556 g/mol. The quantitative estimate of drug-likeness (QED) is 0.195. The molecule has 2 heteroatoms. The minimum Gasteiger partial charge on any atom is -0.307 e. The van der Waals surface area contributed by atoms with E-state index in [0.717, 1.165) is 11.4 Å². The molecule has 46 heavy (non-hydrogen) atoms. The molecule has 2 nitrogen and oxygen atoms in total. The Morgan fingerprint density at radius 1 is 0.304 bits per heavy atom. The molecule has 0 amide bonds. The van der Waals surface area contributed by atoms with Crippen LogP contribution in [0.25, 0.3) is 87.7 Å². The van der Waals surface area contributed by atoms with Crippen molar-refractivity contribution in [1.29, 1.82) is 0 Å². The fraction of sp³-hybridized carbons (Fsp3) is 0. The lowest BCUT2D eigenvalue weighted by molar-refractivity contribution is 1.15. The summed E-state index contributed by atoms with van der Waals surface area (Å²) in [7, 11) is 0. The number of fused-ring (bicyclic) bond motifs is 11. The van der Waals surface area contributed by atoms with E-state index < -0.39 is 0 Å². The summed E-state index contributed by atoms with van der Waals surface area (Å²) in [6.45, 7) is 0. The van der Waals surface area contributed by atoms with Crippen LogP contribution in [0.3, 0.4) is 0 Å². The van der Waals surface area contributed by atoms with Crippen molar-refractivity contribution in [3.8, 4) is 22.5 Å². The van der Waals surface area contributed by atoms with Gasteiger partial charge < -0.3 is 9.13 Å². The van der Waals surface area contributed by atoms with Gasteiger partial charge in [-0.2, -0.15) is 0 Å². The second-order valence-corrected chi connectivity index (χ2v) is 12.1. The summed E-state index contributed by atoms with van der Waals surface area (Å²) in [5, 5.41) is 10.2. The topological polar surface area (TPSA) is 9.86 Å². The molecule has 0 aliphatic heterocycles. The lowest BCUT2D eigenvalue weighted by Gasteiger charge is -2.14. The normalized spacial score (nSPS) is 11.9. The number of aromatic nitrogens is 2. The number of hydrogen-bond acceptors (Lipinski definition) is 0. The number of rotatable bonds is 3. The van der Waals surface area contributed by atoms with Crippen LogP contribution in [0, 0.1) is 0 Å². The molecule has 0 unspecified atom stereocenters. The highest BCUT2D eigenvalue weighted by Crippen LogP contribution is 2.46. The largest absolute Gasteiger partial charge is 0.307 e. The molecule has 0 aliphatic rings. The van der Waals surface area contributed by atoms with E-state index in [-0.39, 0.29) is 0 Å². The number of nitrogens with zero attached hydrogens (tertiary/aromatic N) is 2. The summed E-state index contributed by atoms with van der Waals surface area (Å²) in [4.78, 5) is 0. The maximum Gasteiger partial charge on any atom is 0.0795 e. The molecule has 8 aromatic carbocycles. The van der Waals surface area contributed by atoms with Crippen LogP contribution in [-0.4, -0.2) is 9.13 Å². The summed E-state index contributed by atoms with van der Waals surface area (Å²) in [6.07, 6.45) is 0. The average Bonchev–Trinajstić information content (AvgIpc) is 3.66. The van der Waals surface area contributed by atoms with Crippen molar-refractivity contribution in [2.45, 2.75) is 0 Å². The molecule has 10 aromatic rings. The summed E-state index contributed by atoms with van der Waals surface area (Å²) in [5.41, 5.74) is 9.66. The number of benzene rings is 8. The van der Waals surface area contributed by atoms with Gasteiger partial charge in [0, 0.05) is 32.9 Å². The third-order valence-corrected chi connectivity index (χ3v) is 9.68. The van der Waals surface area contributed by atoms with Crippen molar-refractivity contribution in [1.82, 2.24) is 9.13 Å². The Hall–Kier alpha value is -6.12. The first kappa shape index (κ1) is 25.2. The van der Waals surface area contributed by atoms with E-state index >= 15 is 0 Å². The zero-order valence-electron chi connectivity index (χ0n) is 25.1. The van der Waals surface area contributed by atoms with E-state index in [1.54, 1.807) is 0 Å². The van der Waals surface area contributed by atoms with Crippen molar-refractivity contribution in [3.63, 3.8) is 0 Å². The van der Waals surface area contributed by atoms with Gasteiger partial charge >= 0.3 is 0 Å². The standard InChI is InChI=1S/C44H28N2/c1-2-15-31(16-3-1)45-39-23-10-8-20-37(39)41-35-18-6-7-19-36(35)42-38-21-9-11-24-40(38)46(44(42)43(41)45)32-27-25-30(26-28-32)34-22-12-14-29-13-4-5-17-33(29)34/h1-28H. The molecule has 0 saturated heterocycles. The Balaban J connectivity index is 1.38. The second-order valence-electron chi connectivity index (χ2n) is 12.1. The molecule has 0 N–H and O–H groups in total. The number of para-hydroxylation sites is 3. The molecular formula is C44H28N2. The first-order chi connectivity index (χ1) is 22.9. The van der Waals surface area contributed by atoms with Gasteiger partial charge in [0.15, 0.2) is 0 Å². The van der Waals surface area contributed by atoms with Gasteiger partial charge in [0.2, 0.25) is 0 Å². The maximum atomic E-state index is 2.49. The van der Waals surface area contributed by atoms with Gasteiger partial charge in [-0.15, -0.1) is 0 Å². The van der Waals surface area contributed by atoms with E-state index in [9.17, 15) is 0 Å². The van der Waals surface area contributed by atoms with Crippen LogP contribution in [0.2, 0.25) is 0 Å². The summed E-state index contributed by atoms with van der Waals surface area (Å²) in [5.74, 6) is 0. The van der Waals surface area contributed by atoms with E-state index in [1.165, 1.54) is 76.3 Å². The highest BCUT2D eigenvalue weighted by atomic mass is 15.0. The zero-order valence-corrected chi connectivity index (χ0v) is 25.1. The lowest BCUT2D eigenvalue weighted by Crippen LogP contribution is -1.99. The van der Waals surface area contributed by atoms with Gasteiger partial charge in [-0.25, -0.2) is 0 Å². The zero-order chi connectivity index (χ0) is 30.2. The van der Waals surface area contributed by atoms with Crippen molar-refractivity contribution in [2.24, 2.45) is 0 Å². The van der Waals surface area contributed by atoms with Crippen LogP contribution in [-0.2, 0) is 0 Å². The molecule has 214 valence electrons. The second kappa shape index (κ2) is 9.69. The maximum absolute atomic E-state index is 2.49. The average molecular weight is 585 g/mol. The van der Waals surface area contributed by atoms with Crippen molar-refractivity contribution in [3.05, 3.63) is 170 Å². The predicted molar refractivity (Wildman–Crippen MR) is 196 cm³/mol.